The van der Waals surface area contributed by atoms with Crippen LogP contribution in [-0.2, 0) is 0 Å². The standard InChI is InChI=1S/C18H14ClFN4O/c1-11-2-4-12(5-3-11)23-18-21-9-8-16(24-18)17(25)22-13-6-7-15(20)14(19)10-13/h2-10H,1H3,(H,22,25)(H,21,23,24). The summed E-state index contributed by atoms with van der Waals surface area (Å²) in [5.74, 6) is -0.697. The van der Waals surface area contributed by atoms with Crippen LogP contribution in [0.15, 0.2) is 54.7 Å². The van der Waals surface area contributed by atoms with E-state index in [2.05, 4.69) is 20.6 Å². The van der Waals surface area contributed by atoms with Crippen molar-refractivity contribution in [3.8, 4) is 0 Å². The zero-order valence-electron chi connectivity index (χ0n) is 13.3. The number of carbonyl (C=O) groups is 1. The number of anilines is 3. The summed E-state index contributed by atoms with van der Waals surface area (Å²) in [5, 5.41) is 5.58. The lowest BCUT2D eigenvalue weighted by molar-refractivity contribution is 0.102. The molecular weight excluding hydrogens is 343 g/mol. The van der Waals surface area contributed by atoms with Crippen LogP contribution in [-0.4, -0.2) is 15.9 Å². The molecule has 5 nitrogen and oxygen atoms in total. The van der Waals surface area contributed by atoms with E-state index in [0.717, 1.165) is 11.3 Å². The number of halogens is 2. The summed E-state index contributed by atoms with van der Waals surface area (Å²) >= 11 is 5.71. The van der Waals surface area contributed by atoms with E-state index in [-0.39, 0.29) is 10.7 Å². The highest BCUT2D eigenvalue weighted by Crippen LogP contribution is 2.20. The smallest absolute Gasteiger partial charge is 0.274 e. The highest BCUT2D eigenvalue weighted by Gasteiger charge is 2.10. The maximum atomic E-state index is 13.2. The van der Waals surface area contributed by atoms with Gasteiger partial charge in [0.2, 0.25) is 5.95 Å². The molecule has 0 saturated carbocycles. The van der Waals surface area contributed by atoms with Crippen LogP contribution in [0.1, 0.15) is 16.1 Å². The molecule has 0 unspecified atom stereocenters. The third-order valence-corrected chi connectivity index (χ3v) is 3.66. The number of hydrogen-bond donors (Lipinski definition) is 2. The molecule has 3 rings (SSSR count). The fourth-order valence-corrected chi connectivity index (χ4v) is 2.26. The van der Waals surface area contributed by atoms with Gasteiger partial charge >= 0.3 is 0 Å². The van der Waals surface area contributed by atoms with E-state index in [1.54, 1.807) is 0 Å². The van der Waals surface area contributed by atoms with Gasteiger partial charge in [0.05, 0.1) is 5.02 Å². The molecule has 1 heterocycles. The Hall–Kier alpha value is -2.99. The molecule has 0 bridgehead atoms. The number of nitrogens with one attached hydrogen (secondary N) is 2. The molecule has 126 valence electrons. The fourth-order valence-electron chi connectivity index (χ4n) is 2.08. The number of carbonyl (C=O) groups excluding carboxylic acids is 1. The van der Waals surface area contributed by atoms with Gasteiger partial charge < -0.3 is 10.6 Å². The Morgan fingerprint density at radius 2 is 1.80 bits per heavy atom. The average Bonchev–Trinajstić information content (AvgIpc) is 2.60. The van der Waals surface area contributed by atoms with Gasteiger partial charge in [-0.2, -0.15) is 0 Å². The van der Waals surface area contributed by atoms with Crippen LogP contribution in [0.5, 0.6) is 0 Å². The highest BCUT2D eigenvalue weighted by molar-refractivity contribution is 6.31. The van der Waals surface area contributed by atoms with E-state index >= 15 is 0 Å². The zero-order chi connectivity index (χ0) is 17.8. The summed E-state index contributed by atoms with van der Waals surface area (Å²) in [4.78, 5) is 20.6. The third kappa shape index (κ3) is 4.30. The van der Waals surface area contributed by atoms with Gasteiger partial charge in [-0.1, -0.05) is 29.3 Å². The predicted molar refractivity (Wildman–Crippen MR) is 95.9 cm³/mol. The molecule has 25 heavy (non-hydrogen) atoms. The van der Waals surface area contributed by atoms with E-state index < -0.39 is 11.7 Å². The van der Waals surface area contributed by atoms with Gasteiger partial charge in [-0.3, -0.25) is 4.79 Å². The Morgan fingerprint density at radius 1 is 1.08 bits per heavy atom. The fraction of sp³-hybridized carbons (Fsp3) is 0.0556. The number of nitrogens with zero attached hydrogens (tertiary/aromatic N) is 2. The van der Waals surface area contributed by atoms with Crippen LogP contribution >= 0.6 is 11.6 Å². The van der Waals surface area contributed by atoms with Crippen molar-refractivity contribution >= 4 is 34.8 Å². The minimum absolute atomic E-state index is 0.0674. The second kappa shape index (κ2) is 7.27. The molecule has 0 saturated heterocycles. The average molecular weight is 357 g/mol. The van der Waals surface area contributed by atoms with E-state index in [1.807, 2.05) is 31.2 Å². The molecule has 2 aromatic carbocycles. The molecule has 0 aliphatic carbocycles. The van der Waals surface area contributed by atoms with Crippen LogP contribution in [0.25, 0.3) is 0 Å². The van der Waals surface area contributed by atoms with Crippen molar-refractivity contribution in [1.82, 2.24) is 9.97 Å². The van der Waals surface area contributed by atoms with Crippen molar-refractivity contribution in [3.05, 3.63) is 76.8 Å². The van der Waals surface area contributed by atoms with Crippen LogP contribution in [0.2, 0.25) is 5.02 Å². The molecule has 2 N–H and O–H groups in total. The summed E-state index contributed by atoms with van der Waals surface area (Å²) in [5.41, 5.74) is 2.50. The van der Waals surface area contributed by atoms with Crippen LogP contribution in [0, 0.1) is 12.7 Å². The quantitative estimate of drug-likeness (QED) is 0.718. The maximum Gasteiger partial charge on any atom is 0.274 e. The molecule has 0 atom stereocenters. The van der Waals surface area contributed by atoms with Gasteiger partial charge in [0.25, 0.3) is 5.91 Å². The van der Waals surface area contributed by atoms with Crippen LogP contribution in [0.4, 0.5) is 21.7 Å². The molecule has 1 amide bonds. The van der Waals surface area contributed by atoms with Crippen molar-refractivity contribution in [2.75, 3.05) is 10.6 Å². The van der Waals surface area contributed by atoms with Crippen molar-refractivity contribution in [2.24, 2.45) is 0 Å². The van der Waals surface area contributed by atoms with E-state index in [9.17, 15) is 9.18 Å². The number of aromatic nitrogens is 2. The summed E-state index contributed by atoms with van der Waals surface area (Å²) in [6.45, 7) is 1.99. The monoisotopic (exact) mass is 356 g/mol. The second-order valence-corrected chi connectivity index (χ2v) is 5.75. The molecular formula is C18H14ClFN4O. The SMILES string of the molecule is Cc1ccc(Nc2nccc(C(=O)Nc3ccc(F)c(Cl)c3)n2)cc1. The van der Waals surface area contributed by atoms with Gasteiger partial charge in [0.1, 0.15) is 11.5 Å². The lowest BCUT2D eigenvalue weighted by Crippen LogP contribution is -2.14. The number of benzene rings is 2. The summed E-state index contributed by atoms with van der Waals surface area (Å²) in [7, 11) is 0. The number of rotatable bonds is 4. The number of aryl methyl sites for hydroxylation is 1. The molecule has 0 radical (unpaired) electrons. The summed E-state index contributed by atoms with van der Waals surface area (Å²) in [6.07, 6.45) is 1.48. The normalized spacial score (nSPS) is 10.4. The molecule has 0 aliphatic heterocycles. The zero-order valence-corrected chi connectivity index (χ0v) is 14.0. The first-order valence-corrected chi connectivity index (χ1v) is 7.82. The van der Waals surface area contributed by atoms with E-state index in [4.69, 9.17) is 11.6 Å². The lowest BCUT2D eigenvalue weighted by Gasteiger charge is -2.08. The summed E-state index contributed by atoms with van der Waals surface area (Å²) < 4.78 is 13.2. The topological polar surface area (TPSA) is 66.9 Å². The predicted octanol–water partition coefficient (Wildman–Crippen LogP) is 4.57. The largest absolute Gasteiger partial charge is 0.324 e. The van der Waals surface area contributed by atoms with E-state index in [1.165, 1.54) is 30.5 Å². The molecule has 0 fully saturated rings. The Bertz CT molecular complexity index is 915. The van der Waals surface area contributed by atoms with Crippen LogP contribution in [0.3, 0.4) is 0 Å². The molecule has 0 spiro atoms. The minimum Gasteiger partial charge on any atom is -0.324 e. The molecule has 0 aliphatic rings. The third-order valence-electron chi connectivity index (χ3n) is 3.37. The van der Waals surface area contributed by atoms with Gasteiger partial charge in [-0.15, -0.1) is 0 Å². The van der Waals surface area contributed by atoms with E-state index in [0.29, 0.717) is 11.6 Å². The first-order chi connectivity index (χ1) is 12.0. The lowest BCUT2D eigenvalue weighted by atomic mass is 10.2. The van der Waals surface area contributed by atoms with Crippen molar-refractivity contribution in [3.63, 3.8) is 0 Å². The second-order valence-electron chi connectivity index (χ2n) is 5.34. The maximum absolute atomic E-state index is 13.2. The van der Waals surface area contributed by atoms with Crippen molar-refractivity contribution in [1.29, 1.82) is 0 Å². The minimum atomic E-state index is -0.550. The molecule has 1 aromatic heterocycles. The molecule has 7 heteroatoms. The first-order valence-electron chi connectivity index (χ1n) is 7.44. The number of amides is 1. The summed E-state index contributed by atoms with van der Waals surface area (Å²) in [6, 6.07) is 13.1. The Morgan fingerprint density at radius 3 is 2.52 bits per heavy atom. The molecule has 3 aromatic rings. The number of hydrogen-bond acceptors (Lipinski definition) is 4. The Balaban J connectivity index is 1.74. The first kappa shape index (κ1) is 16.9. The Kier molecular flexibility index (Phi) is 4.90. The van der Waals surface area contributed by atoms with Crippen molar-refractivity contribution < 1.29 is 9.18 Å². The van der Waals surface area contributed by atoms with Gasteiger partial charge in [-0.25, -0.2) is 14.4 Å². The van der Waals surface area contributed by atoms with Gasteiger partial charge in [0, 0.05) is 17.6 Å². The Labute approximate surface area is 148 Å². The highest BCUT2D eigenvalue weighted by atomic mass is 35.5. The van der Waals surface area contributed by atoms with Crippen molar-refractivity contribution in [2.45, 2.75) is 6.92 Å². The van der Waals surface area contributed by atoms with Crippen LogP contribution < -0.4 is 10.6 Å². The van der Waals surface area contributed by atoms with Gasteiger partial charge in [-0.05, 0) is 43.3 Å². The van der Waals surface area contributed by atoms with Gasteiger partial charge in [0.15, 0.2) is 0 Å².